The lowest BCUT2D eigenvalue weighted by Gasteiger charge is -2.19. The van der Waals surface area contributed by atoms with Crippen molar-refractivity contribution in [2.45, 2.75) is 32.9 Å². The topological polar surface area (TPSA) is 47.3 Å². The second-order valence-electron chi connectivity index (χ2n) is 5.06. The monoisotopic (exact) mass is 338 g/mol. The van der Waals surface area contributed by atoms with Gasteiger partial charge in [0, 0.05) is 16.1 Å². The summed E-state index contributed by atoms with van der Waals surface area (Å²) in [5, 5.41) is 15.1. The van der Waals surface area contributed by atoms with Gasteiger partial charge in [-0.05, 0) is 26.8 Å². The summed E-state index contributed by atoms with van der Waals surface area (Å²) in [7, 11) is 1.59. The van der Waals surface area contributed by atoms with Crippen LogP contribution in [0.2, 0.25) is 0 Å². The molecule has 0 radical (unpaired) electrons. The Labute approximate surface area is 127 Å². The summed E-state index contributed by atoms with van der Waals surface area (Å²) >= 11 is 3.49. The molecule has 1 aromatic heterocycles. The zero-order valence-corrected chi connectivity index (χ0v) is 13.7. The lowest BCUT2D eigenvalue weighted by atomic mass is 10.0. The molecule has 0 saturated heterocycles. The van der Waals surface area contributed by atoms with E-state index in [1.54, 1.807) is 18.0 Å². The number of halogens is 1. The van der Waals surface area contributed by atoms with Crippen LogP contribution in [-0.2, 0) is 0 Å². The highest BCUT2D eigenvalue weighted by atomic mass is 79.9. The number of aliphatic hydroxyl groups is 1. The fourth-order valence-electron chi connectivity index (χ4n) is 2.20. The summed E-state index contributed by atoms with van der Waals surface area (Å²) in [6.45, 7) is 6.04. The largest absolute Gasteiger partial charge is 0.493 e. The van der Waals surface area contributed by atoms with Gasteiger partial charge in [-0.2, -0.15) is 5.10 Å². The lowest BCUT2D eigenvalue weighted by Crippen LogP contribution is -2.13. The average molecular weight is 339 g/mol. The van der Waals surface area contributed by atoms with Crippen molar-refractivity contribution >= 4 is 15.9 Å². The molecule has 0 bridgehead atoms. The fraction of sp³-hybridized carbons (Fsp3) is 0.400. The molecular formula is C15H19BrN2O2. The van der Waals surface area contributed by atoms with Crippen molar-refractivity contribution in [3.05, 3.63) is 45.7 Å². The zero-order valence-electron chi connectivity index (χ0n) is 12.1. The van der Waals surface area contributed by atoms with Crippen LogP contribution in [0.25, 0.3) is 0 Å². The highest BCUT2D eigenvalue weighted by molar-refractivity contribution is 9.10. The number of hydrogen-bond acceptors (Lipinski definition) is 3. The predicted molar refractivity (Wildman–Crippen MR) is 82.1 cm³/mol. The van der Waals surface area contributed by atoms with Crippen LogP contribution in [-0.4, -0.2) is 22.0 Å². The molecule has 0 aliphatic carbocycles. The van der Waals surface area contributed by atoms with Crippen LogP contribution in [0.15, 0.2) is 28.9 Å². The molecule has 1 aromatic carbocycles. The van der Waals surface area contributed by atoms with Crippen molar-refractivity contribution in [2.24, 2.45) is 0 Å². The minimum atomic E-state index is -0.788. The van der Waals surface area contributed by atoms with Crippen molar-refractivity contribution in [3.63, 3.8) is 0 Å². The second-order valence-corrected chi connectivity index (χ2v) is 5.92. The molecule has 4 nitrogen and oxygen atoms in total. The van der Waals surface area contributed by atoms with E-state index in [0.717, 1.165) is 15.6 Å². The van der Waals surface area contributed by atoms with Gasteiger partial charge in [-0.1, -0.05) is 33.6 Å². The normalized spacial score (nSPS) is 12.8. The molecule has 108 valence electrons. The molecule has 1 N–H and O–H groups in total. The number of benzene rings is 1. The third kappa shape index (κ3) is 2.74. The van der Waals surface area contributed by atoms with Gasteiger partial charge in [0.15, 0.2) is 5.75 Å². The minimum Gasteiger partial charge on any atom is -0.493 e. The van der Waals surface area contributed by atoms with Gasteiger partial charge in [0.05, 0.1) is 13.3 Å². The molecule has 0 saturated carbocycles. The molecule has 0 aliphatic rings. The van der Waals surface area contributed by atoms with Crippen LogP contribution in [0.1, 0.15) is 42.8 Å². The Hall–Kier alpha value is -1.33. The van der Waals surface area contributed by atoms with Crippen LogP contribution in [0.5, 0.6) is 5.75 Å². The summed E-state index contributed by atoms with van der Waals surface area (Å²) in [4.78, 5) is 0. The Kier molecular flexibility index (Phi) is 4.50. The number of nitrogens with zero attached hydrogens (tertiary/aromatic N) is 2. The molecule has 1 atom stereocenters. The van der Waals surface area contributed by atoms with E-state index in [0.29, 0.717) is 11.4 Å². The summed E-state index contributed by atoms with van der Waals surface area (Å²) < 4.78 is 7.99. The first kappa shape index (κ1) is 15.1. The Morgan fingerprint density at radius 3 is 2.65 bits per heavy atom. The van der Waals surface area contributed by atoms with Crippen LogP contribution >= 0.6 is 15.9 Å². The van der Waals surface area contributed by atoms with E-state index >= 15 is 0 Å². The van der Waals surface area contributed by atoms with E-state index in [4.69, 9.17) is 4.74 Å². The van der Waals surface area contributed by atoms with E-state index in [1.165, 1.54) is 0 Å². The fourth-order valence-corrected chi connectivity index (χ4v) is 2.67. The summed E-state index contributed by atoms with van der Waals surface area (Å²) in [5.41, 5.74) is 2.58. The highest BCUT2D eigenvalue weighted by Gasteiger charge is 2.24. The van der Waals surface area contributed by atoms with Gasteiger partial charge in [-0.25, -0.2) is 0 Å². The van der Waals surface area contributed by atoms with Crippen molar-refractivity contribution in [1.29, 1.82) is 0 Å². The van der Waals surface area contributed by atoms with E-state index in [-0.39, 0.29) is 6.04 Å². The molecule has 20 heavy (non-hydrogen) atoms. The van der Waals surface area contributed by atoms with E-state index in [2.05, 4.69) is 21.0 Å². The van der Waals surface area contributed by atoms with Crippen molar-refractivity contribution in [2.75, 3.05) is 7.11 Å². The Morgan fingerprint density at radius 2 is 2.05 bits per heavy atom. The van der Waals surface area contributed by atoms with E-state index in [9.17, 15) is 5.11 Å². The quantitative estimate of drug-likeness (QED) is 0.925. The van der Waals surface area contributed by atoms with Crippen molar-refractivity contribution in [1.82, 2.24) is 9.78 Å². The standard InChI is InChI=1S/C15H19BrN2O2/c1-9(2)18-14(13(20-4)8-17-18)15(19)11-7-10(3)5-6-12(11)16/h5-9,15,19H,1-4H3. The Morgan fingerprint density at radius 1 is 1.35 bits per heavy atom. The molecule has 0 spiro atoms. The SMILES string of the molecule is COc1cnn(C(C)C)c1C(O)c1cc(C)ccc1Br. The molecule has 2 rings (SSSR count). The third-order valence-corrected chi connectivity index (χ3v) is 3.93. The average Bonchev–Trinajstić information content (AvgIpc) is 2.84. The molecule has 5 heteroatoms. The van der Waals surface area contributed by atoms with Gasteiger partial charge in [0.1, 0.15) is 11.8 Å². The number of methoxy groups -OCH3 is 1. The molecule has 0 aliphatic heterocycles. The van der Waals surface area contributed by atoms with Gasteiger partial charge >= 0.3 is 0 Å². The summed E-state index contributed by atoms with van der Waals surface area (Å²) in [6, 6.07) is 6.05. The van der Waals surface area contributed by atoms with Gasteiger partial charge in [-0.3, -0.25) is 4.68 Å². The zero-order chi connectivity index (χ0) is 14.9. The molecule has 1 heterocycles. The lowest BCUT2D eigenvalue weighted by molar-refractivity contribution is 0.199. The first-order valence-corrected chi connectivity index (χ1v) is 7.30. The number of aryl methyl sites for hydroxylation is 1. The Balaban J connectivity index is 2.55. The van der Waals surface area contributed by atoms with Gasteiger partial charge in [0.2, 0.25) is 0 Å². The van der Waals surface area contributed by atoms with Crippen molar-refractivity contribution in [3.8, 4) is 5.75 Å². The molecule has 0 amide bonds. The molecular weight excluding hydrogens is 320 g/mol. The second kappa shape index (κ2) is 5.97. The van der Waals surface area contributed by atoms with Gasteiger partial charge in [0.25, 0.3) is 0 Å². The van der Waals surface area contributed by atoms with Gasteiger partial charge in [-0.15, -0.1) is 0 Å². The van der Waals surface area contributed by atoms with Crippen molar-refractivity contribution < 1.29 is 9.84 Å². The maximum absolute atomic E-state index is 10.8. The van der Waals surface area contributed by atoms with E-state index < -0.39 is 6.10 Å². The summed E-state index contributed by atoms with van der Waals surface area (Å²) in [5.74, 6) is 0.597. The Bertz CT molecular complexity index is 608. The van der Waals surface area contributed by atoms with Crippen LogP contribution in [0.3, 0.4) is 0 Å². The predicted octanol–water partition coefficient (Wildman–Crippen LogP) is 3.63. The minimum absolute atomic E-state index is 0.145. The number of rotatable bonds is 4. The highest BCUT2D eigenvalue weighted by Crippen LogP contribution is 2.35. The van der Waals surface area contributed by atoms with Crippen LogP contribution in [0.4, 0.5) is 0 Å². The number of ether oxygens (including phenoxy) is 1. The number of aromatic nitrogens is 2. The number of aliphatic hydroxyl groups excluding tert-OH is 1. The molecule has 0 fully saturated rings. The maximum atomic E-state index is 10.8. The van der Waals surface area contributed by atoms with E-state index in [1.807, 2.05) is 39.0 Å². The molecule has 2 aromatic rings. The van der Waals surface area contributed by atoms with Crippen LogP contribution in [0, 0.1) is 6.92 Å². The summed E-state index contributed by atoms with van der Waals surface area (Å²) in [6.07, 6.45) is 0.853. The number of hydrogen-bond donors (Lipinski definition) is 1. The first-order chi connectivity index (χ1) is 9.45. The van der Waals surface area contributed by atoms with Gasteiger partial charge < -0.3 is 9.84 Å². The van der Waals surface area contributed by atoms with Crippen LogP contribution < -0.4 is 4.74 Å². The smallest absolute Gasteiger partial charge is 0.163 e. The third-order valence-electron chi connectivity index (χ3n) is 3.21. The molecule has 1 unspecified atom stereocenters. The first-order valence-electron chi connectivity index (χ1n) is 6.51. The maximum Gasteiger partial charge on any atom is 0.163 e.